The smallest absolute Gasteiger partial charge is 0.309 e. The number of nitrogens with one attached hydrogen (secondary N) is 2. The van der Waals surface area contributed by atoms with Gasteiger partial charge in [-0.2, -0.15) is 0 Å². The topological polar surface area (TPSA) is 117 Å². The van der Waals surface area contributed by atoms with E-state index in [9.17, 15) is 9.59 Å². The number of rotatable bonds is 8. The quantitative estimate of drug-likeness (QED) is 0.367. The molecule has 3 aromatic carbocycles. The maximum absolute atomic E-state index is 12.8. The zero-order chi connectivity index (χ0) is 25.5. The van der Waals surface area contributed by atoms with E-state index in [1.807, 2.05) is 60.7 Å². The van der Waals surface area contributed by atoms with Crippen molar-refractivity contribution < 1.29 is 23.8 Å². The minimum atomic E-state index is -0.653. The van der Waals surface area contributed by atoms with Crippen LogP contribution in [0.5, 0.6) is 17.2 Å². The molecule has 0 unspecified atom stereocenters. The number of hydrazine groups is 1. The molecule has 0 aliphatic rings. The van der Waals surface area contributed by atoms with Crippen LogP contribution in [0.1, 0.15) is 16.2 Å². The number of hydrogen-bond acceptors (Lipinski definition) is 7. The van der Waals surface area contributed by atoms with Crippen molar-refractivity contribution in [1.82, 2.24) is 25.6 Å². The summed E-state index contributed by atoms with van der Waals surface area (Å²) in [6, 6.07) is 22.1. The summed E-state index contributed by atoms with van der Waals surface area (Å²) in [6.45, 7) is 0. The van der Waals surface area contributed by atoms with Crippen LogP contribution in [0.3, 0.4) is 0 Å². The number of ether oxygens (including phenoxy) is 3. The van der Waals surface area contributed by atoms with Gasteiger partial charge in [-0.05, 0) is 29.8 Å². The molecule has 0 aliphatic heterocycles. The summed E-state index contributed by atoms with van der Waals surface area (Å²) in [4.78, 5) is 29.8. The number of carbonyl (C=O) groups is 2. The largest absolute Gasteiger partial charge is 0.493 e. The van der Waals surface area contributed by atoms with Crippen molar-refractivity contribution in [3.63, 3.8) is 0 Å². The first-order valence-corrected chi connectivity index (χ1v) is 11.0. The second-order valence-corrected chi connectivity index (χ2v) is 7.59. The molecule has 36 heavy (non-hydrogen) atoms. The first-order valence-electron chi connectivity index (χ1n) is 11.0. The summed E-state index contributed by atoms with van der Waals surface area (Å²) >= 11 is 0. The van der Waals surface area contributed by atoms with Gasteiger partial charge in [-0.1, -0.05) is 48.5 Å². The molecule has 1 heterocycles. The van der Waals surface area contributed by atoms with Crippen molar-refractivity contribution >= 4 is 11.8 Å². The highest BCUT2D eigenvalue weighted by molar-refractivity contribution is 5.92. The van der Waals surface area contributed by atoms with Gasteiger partial charge in [0, 0.05) is 5.56 Å². The van der Waals surface area contributed by atoms with Crippen LogP contribution in [0.15, 0.2) is 72.8 Å². The van der Waals surface area contributed by atoms with Gasteiger partial charge in [-0.3, -0.25) is 20.4 Å². The van der Waals surface area contributed by atoms with Crippen LogP contribution < -0.4 is 25.1 Å². The molecule has 10 heteroatoms. The highest BCUT2D eigenvalue weighted by atomic mass is 16.5. The molecule has 0 atom stereocenters. The van der Waals surface area contributed by atoms with Gasteiger partial charge in [-0.15, -0.1) is 5.10 Å². The van der Waals surface area contributed by atoms with Gasteiger partial charge in [0.2, 0.25) is 17.5 Å². The lowest BCUT2D eigenvalue weighted by Gasteiger charge is -2.14. The highest BCUT2D eigenvalue weighted by Crippen LogP contribution is 2.38. The van der Waals surface area contributed by atoms with Gasteiger partial charge in [0.1, 0.15) is 0 Å². The number of nitrogens with zero attached hydrogens (tertiary/aromatic N) is 3. The zero-order valence-electron chi connectivity index (χ0n) is 20.0. The Morgan fingerprint density at radius 3 is 2.03 bits per heavy atom. The number of hydrogen-bond donors (Lipinski definition) is 2. The van der Waals surface area contributed by atoms with Crippen molar-refractivity contribution in [3.05, 3.63) is 84.2 Å². The second-order valence-electron chi connectivity index (χ2n) is 7.59. The lowest BCUT2D eigenvalue weighted by Crippen LogP contribution is -2.42. The standard InChI is InChI=1S/C26H25N5O5/c1-34-20-14-17(15-21(35-2)23(20)36-3)16-22(32)28-29-26(33)24-27-25(18-10-6-4-7-11-18)31(30-24)19-12-8-5-9-13-19/h4-15H,16H2,1-3H3,(H,28,32)(H,29,33). The van der Waals surface area contributed by atoms with Gasteiger partial charge >= 0.3 is 5.91 Å². The van der Waals surface area contributed by atoms with Gasteiger partial charge in [0.05, 0.1) is 33.4 Å². The van der Waals surface area contributed by atoms with Crippen molar-refractivity contribution in [2.45, 2.75) is 6.42 Å². The third kappa shape index (κ3) is 5.27. The van der Waals surface area contributed by atoms with E-state index in [4.69, 9.17) is 14.2 Å². The molecule has 10 nitrogen and oxygen atoms in total. The molecule has 0 spiro atoms. The Labute approximate surface area is 207 Å². The molecule has 0 fully saturated rings. The van der Waals surface area contributed by atoms with Gasteiger partial charge < -0.3 is 14.2 Å². The Morgan fingerprint density at radius 2 is 1.44 bits per heavy atom. The van der Waals surface area contributed by atoms with E-state index < -0.39 is 11.8 Å². The monoisotopic (exact) mass is 487 g/mol. The highest BCUT2D eigenvalue weighted by Gasteiger charge is 2.20. The van der Waals surface area contributed by atoms with E-state index in [0.29, 0.717) is 28.6 Å². The lowest BCUT2D eigenvalue weighted by atomic mass is 10.1. The molecular weight excluding hydrogens is 462 g/mol. The molecule has 0 saturated heterocycles. The van der Waals surface area contributed by atoms with E-state index in [2.05, 4.69) is 20.9 Å². The molecule has 0 radical (unpaired) electrons. The predicted molar refractivity (Wildman–Crippen MR) is 132 cm³/mol. The Bertz CT molecular complexity index is 1270. The predicted octanol–water partition coefficient (Wildman–Crippen LogP) is 2.96. The number of carbonyl (C=O) groups excluding carboxylic acids is 2. The Balaban J connectivity index is 1.49. The number of para-hydroxylation sites is 1. The number of benzene rings is 3. The zero-order valence-corrected chi connectivity index (χ0v) is 20.0. The summed E-state index contributed by atoms with van der Waals surface area (Å²) < 4.78 is 17.5. The fraction of sp³-hybridized carbons (Fsp3) is 0.154. The molecule has 184 valence electrons. The number of methoxy groups -OCH3 is 3. The number of amides is 2. The van der Waals surface area contributed by atoms with Crippen molar-refractivity contribution in [2.75, 3.05) is 21.3 Å². The van der Waals surface area contributed by atoms with Crippen LogP contribution >= 0.6 is 0 Å². The van der Waals surface area contributed by atoms with Crippen LogP contribution in [-0.4, -0.2) is 47.9 Å². The van der Waals surface area contributed by atoms with Gasteiger partial charge in [0.15, 0.2) is 17.3 Å². The van der Waals surface area contributed by atoms with E-state index in [1.54, 1.807) is 16.8 Å². The van der Waals surface area contributed by atoms with E-state index in [-0.39, 0.29) is 12.2 Å². The SMILES string of the molecule is COc1cc(CC(=O)NNC(=O)c2nc(-c3ccccc3)n(-c3ccccc3)n2)cc(OC)c1OC. The fourth-order valence-corrected chi connectivity index (χ4v) is 3.58. The van der Waals surface area contributed by atoms with Crippen LogP contribution in [0.25, 0.3) is 17.1 Å². The van der Waals surface area contributed by atoms with Gasteiger partial charge in [-0.25, -0.2) is 9.67 Å². The van der Waals surface area contributed by atoms with Crippen molar-refractivity contribution in [1.29, 1.82) is 0 Å². The van der Waals surface area contributed by atoms with Crippen molar-refractivity contribution in [2.24, 2.45) is 0 Å². The molecule has 4 rings (SSSR count). The summed E-state index contributed by atoms with van der Waals surface area (Å²) in [7, 11) is 4.48. The Morgan fingerprint density at radius 1 is 0.833 bits per heavy atom. The first kappa shape index (κ1) is 24.3. The average Bonchev–Trinajstić information content (AvgIpc) is 3.38. The van der Waals surface area contributed by atoms with Crippen LogP contribution in [0.2, 0.25) is 0 Å². The van der Waals surface area contributed by atoms with Crippen LogP contribution in [0.4, 0.5) is 0 Å². The van der Waals surface area contributed by atoms with E-state index in [0.717, 1.165) is 11.3 Å². The first-order chi connectivity index (χ1) is 17.5. The number of aromatic nitrogens is 3. The minimum Gasteiger partial charge on any atom is -0.493 e. The maximum atomic E-state index is 12.8. The fourth-order valence-electron chi connectivity index (χ4n) is 3.58. The van der Waals surface area contributed by atoms with Crippen LogP contribution in [-0.2, 0) is 11.2 Å². The summed E-state index contributed by atoms with van der Waals surface area (Å²) in [5.41, 5.74) is 6.92. The molecule has 0 aliphatic carbocycles. The van der Waals surface area contributed by atoms with E-state index >= 15 is 0 Å². The molecule has 0 saturated carbocycles. The summed E-state index contributed by atoms with van der Waals surface area (Å²) in [6.07, 6.45) is -0.0435. The Hall–Kier alpha value is -4.86. The maximum Gasteiger partial charge on any atom is 0.309 e. The Kier molecular flexibility index (Phi) is 7.45. The van der Waals surface area contributed by atoms with E-state index in [1.165, 1.54) is 21.3 Å². The average molecular weight is 488 g/mol. The summed E-state index contributed by atoms with van der Waals surface area (Å²) in [5.74, 6) is 0.567. The molecule has 4 aromatic rings. The molecule has 0 bridgehead atoms. The minimum absolute atomic E-state index is 0.0435. The van der Waals surface area contributed by atoms with Crippen molar-refractivity contribution in [3.8, 4) is 34.3 Å². The normalized spacial score (nSPS) is 10.4. The molecule has 2 amide bonds. The third-order valence-corrected chi connectivity index (χ3v) is 5.25. The van der Waals surface area contributed by atoms with Crippen LogP contribution in [0, 0.1) is 0 Å². The summed E-state index contributed by atoms with van der Waals surface area (Å²) in [5, 5.41) is 4.38. The lowest BCUT2D eigenvalue weighted by molar-refractivity contribution is -0.121. The molecule has 2 N–H and O–H groups in total. The molecule has 1 aromatic heterocycles. The van der Waals surface area contributed by atoms with Gasteiger partial charge in [0.25, 0.3) is 0 Å². The third-order valence-electron chi connectivity index (χ3n) is 5.25. The molecular formula is C26H25N5O5. The second kappa shape index (κ2) is 11.0.